The van der Waals surface area contributed by atoms with Crippen molar-refractivity contribution in [3.63, 3.8) is 0 Å². The molecule has 1 aliphatic rings. The van der Waals surface area contributed by atoms with Gasteiger partial charge in [0.15, 0.2) is 0 Å². The number of carboxylic acid groups (broad SMARTS) is 1. The molecule has 0 spiro atoms. The Kier molecular flexibility index (Phi) is 7.15. The number of aliphatic hydroxyl groups excluding tert-OH is 1. The molecular weight excluding hydrogens is 423 g/mol. The molecule has 1 saturated carbocycles. The molecule has 2 aromatic carbocycles. The fourth-order valence-electron chi connectivity index (χ4n) is 3.82. The van der Waals surface area contributed by atoms with Gasteiger partial charge in [-0.15, -0.1) is 0 Å². The minimum atomic E-state index is -4.51. The molecule has 0 aliphatic heterocycles. The van der Waals surface area contributed by atoms with Crippen molar-refractivity contribution in [3.8, 4) is 16.9 Å². The largest absolute Gasteiger partial charge is 0.496 e. The first kappa shape index (κ1) is 24.1. The third kappa shape index (κ3) is 5.24. The second-order valence-electron chi connectivity index (χ2n) is 8.20. The molecule has 8 heteroatoms. The minimum Gasteiger partial charge on any atom is -0.496 e. The summed E-state index contributed by atoms with van der Waals surface area (Å²) in [6.45, 7) is 4.00. The summed E-state index contributed by atoms with van der Waals surface area (Å²) < 4.78 is 45.9. The Morgan fingerprint density at radius 3 is 2.41 bits per heavy atom. The van der Waals surface area contributed by atoms with E-state index in [1.54, 1.807) is 30.0 Å². The fraction of sp³-hybridized carbons (Fsp3) is 0.458. The van der Waals surface area contributed by atoms with Crippen molar-refractivity contribution in [2.24, 2.45) is 5.92 Å². The van der Waals surface area contributed by atoms with Crippen LogP contribution in [0.4, 0.5) is 13.2 Å². The fourth-order valence-corrected chi connectivity index (χ4v) is 3.82. The standard InChI is InChI=1S/C24H28F3NO4/c1-4-28(22(29)15-5-6-15)13-17-11-18(24(25,26)27)8-9-19(17)20-12-16(14(2)23(30)31)7-10-21(20)32-3/h7-12,14-15,22,29H,4-6,13H2,1-3H3,(H,30,31). The van der Waals surface area contributed by atoms with Gasteiger partial charge in [-0.3, -0.25) is 9.69 Å². The van der Waals surface area contributed by atoms with Crippen LogP contribution >= 0.6 is 0 Å². The molecule has 2 unspecified atom stereocenters. The van der Waals surface area contributed by atoms with Gasteiger partial charge in [0.25, 0.3) is 0 Å². The summed E-state index contributed by atoms with van der Waals surface area (Å²) in [7, 11) is 1.46. The molecule has 0 saturated heterocycles. The van der Waals surface area contributed by atoms with E-state index in [-0.39, 0.29) is 12.5 Å². The van der Waals surface area contributed by atoms with Gasteiger partial charge >= 0.3 is 12.1 Å². The smallest absolute Gasteiger partial charge is 0.416 e. The lowest BCUT2D eigenvalue weighted by Crippen LogP contribution is -2.36. The van der Waals surface area contributed by atoms with Gasteiger partial charge in [-0.25, -0.2) is 0 Å². The lowest BCUT2D eigenvalue weighted by Gasteiger charge is -2.28. The summed E-state index contributed by atoms with van der Waals surface area (Å²) in [5, 5.41) is 20.0. The molecule has 32 heavy (non-hydrogen) atoms. The topological polar surface area (TPSA) is 70.0 Å². The van der Waals surface area contributed by atoms with Gasteiger partial charge in [-0.05, 0) is 73.2 Å². The molecule has 1 fully saturated rings. The Hall–Kier alpha value is -2.58. The number of methoxy groups -OCH3 is 1. The summed E-state index contributed by atoms with van der Waals surface area (Å²) >= 11 is 0. The summed E-state index contributed by atoms with van der Waals surface area (Å²) in [4.78, 5) is 13.2. The average Bonchev–Trinajstić information content (AvgIpc) is 3.60. The van der Waals surface area contributed by atoms with Crippen molar-refractivity contribution in [1.29, 1.82) is 0 Å². The van der Waals surface area contributed by atoms with E-state index >= 15 is 0 Å². The summed E-state index contributed by atoms with van der Waals surface area (Å²) in [5.41, 5.74) is 1.15. The number of hydrogen-bond acceptors (Lipinski definition) is 4. The van der Waals surface area contributed by atoms with Crippen LogP contribution in [0.5, 0.6) is 5.75 Å². The second-order valence-corrected chi connectivity index (χ2v) is 8.20. The lowest BCUT2D eigenvalue weighted by molar-refractivity contribution is -0.139. The van der Waals surface area contributed by atoms with E-state index in [1.807, 2.05) is 6.92 Å². The highest BCUT2D eigenvalue weighted by molar-refractivity contribution is 5.79. The highest BCUT2D eigenvalue weighted by atomic mass is 19.4. The first-order valence-corrected chi connectivity index (χ1v) is 10.6. The van der Waals surface area contributed by atoms with Gasteiger partial charge in [-0.2, -0.15) is 13.2 Å². The van der Waals surface area contributed by atoms with Crippen molar-refractivity contribution in [2.75, 3.05) is 13.7 Å². The molecule has 2 N–H and O–H groups in total. The molecule has 1 aliphatic carbocycles. The average molecular weight is 451 g/mol. The SMILES string of the molecule is CCN(Cc1cc(C(F)(F)F)ccc1-c1cc(C(C)C(=O)O)ccc1OC)C(O)C1CC1. The van der Waals surface area contributed by atoms with Crippen LogP contribution in [0.3, 0.4) is 0 Å². The van der Waals surface area contributed by atoms with Gasteiger partial charge in [0.05, 0.1) is 18.6 Å². The maximum absolute atomic E-state index is 13.5. The molecule has 0 amide bonds. The monoisotopic (exact) mass is 451 g/mol. The molecule has 2 atom stereocenters. The van der Waals surface area contributed by atoms with Crippen LogP contribution in [0, 0.1) is 5.92 Å². The van der Waals surface area contributed by atoms with Crippen LogP contribution < -0.4 is 4.74 Å². The Morgan fingerprint density at radius 2 is 1.88 bits per heavy atom. The van der Waals surface area contributed by atoms with Crippen LogP contribution in [0.25, 0.3) is 11.1 Å². The number of carboxylic acids is 1. The zero-order valence-corrected chi connectivity index (χ0v) is 18.3. The molecule has 0 bridgehead atoms. The van der Waals surface area contributed by atoms with Crippen LogP contribution in [0.2, 0.25) is 0 Å². The molecule has 0 radical (unpaired) electrons. The van der Waals surface area contributed by atoms with Crippen molar-refractivity contribution < 1.29 is 32.9 Å². The number of aliphatic hydroxyl groups is 1. The van der Waals surface area contributed by atoms with E-state index in [0.717, 1.165) is 25.0 Å². The van der Waals surface area contributed by atoms with E-state index in [9.17, 15) is 28.2 Å². The van der Waals surface area contributed by atoms with Crippen LogP contribution in [0.1, 0.15) is 49.3 Å². The number of hydrogen-bond donors (Lipinski definition) is 2. The van der Waals surface area contributed by atoms with Crippen molar-refractivity contribution >= 4 is 5.97 Å². The highest BCUT2D eigenvalue weighted by Gasteiger charge is 2.35. The normalized spacial score (nSPS) is 16.1. The summed E-state index contributed by atoms with van der Waals surface area (Å²) in [6.07, 6.45) is -3.43. The van der Waals surface area contributed by atoms with E-state index in [1.165, 1.54) is 13.2 Å². The number of nitrogens with zero attached hydrogens (tertiary/aromatic N) is 1. The quantitative estimate of drug-likeness (QED) is 0.518. The Bertz CT molecular complexity index is 972. The van der Waals surface area contributed by atoms with Crippen LogP contribution in [-0.2, 0) is 17.5 Å². The number of ether oxygens (including phenoxy) is 1. The van der Waals surface area contributed by atoms with Gasteiger partial charge in [-0.1, -0.05) is 19.1 Å². The van der Waals surface area contributed by atoms with Crippen molar-refractivity contribution in [3.05, 3.63) is 53.1 Å². The number of alkyl halides is 3. The molecule has 0 aromatic heterocycles. The van der Waals surface area contributed by atoms with E-state index in [4.69, 9.17) is 4.74 Å². The van der Waals surface area contributed by atoms with E-state index < -0.39 is 29.9 Å². The predicted octanol–water partition coefficient (Wildman–Crippen LogP) is 5.12. The second kappa shape index (κ2) is 9.50. The van der Waals surface area contributed by atoms with Crippen LogP contribution in [-0.4, -0.2) is 41.0 Å². The predicted molar refractivity (Wildman–Crippen MR) is 114 cm³/mol. The third-order valence-electron chi connectivity index (χ3n) is 6.01. The van der Waals surface area contributed by atoms with Gasteiger partial charge in [0.1, 0.15) is 12.0 Å². The molecule has 5 nitrogen and oxygen atoms in total. The highest BCUT2D eigenvalue weighted by Crippen LogP contribution is 2.40. The number of benzene rings is 2. The number of carbonyl (C=O) groups is 1. The molecule has 2 aromatic rings. The maximum Gasteiger partial charge on any atom is 0.416 e. The zero-order valence-electron chi connectivity index (χ0n) is 18.3. The van der Waals surface area contributed by atoms with E-state index in [2.05, 4.69) is 0 Å². The molecule has 3 rings (SSSR count). The maximum atomic E-state index is 13.5. The third-order valence-corrected chi connectivity index (χ3v) is 6.01. The molecule has 0 heterocycles. The van der Waals surface area contributed by atoms with E-state index in [0.29, 0.717) is 34.5 Å². The number of halogens is 3. The lowest BCUT2D eigenvalue weighted by atomic mass is 9.92. The minimum absolute atomic E-state index is 0.120. The molecular formula is C24H28F3NO4. The zero-order chi connectivity index (χ0) is 23.6. The van der Waals surface area contributed by atoms with Gasteiger partial charge in [0, 0.05) is 12.1 Å². The van der Waals surface area contributed by atoms with Gasteiger partial charge in [0.2, 0.25) is 0 Å². The number of rotatable bonds is 9. The Morgan fingerprint density at radius 1 is 1.19 bits per heavy atom. The first-order valence-electron chi connectivity index (χ1n) is 10.6. The Labute approximate surface area is 185 Å². The van der Waals surface area contributed by atoms with Crippen molar-refractivity contribution in [1.82, 2.24) is 4.90 Å². The van der Waals surface area contributed by atoms with Crippen molar-refractivity contribution in [2.45, 2.75) is 51.6 Å². The first-order chi connectivity index (χ1) is 15.1. The van der Waals surface area contributed by atoms with Crippen LogP contribution in [0.15, 0.2) is 36.4 Å². The molecule has 174 valence electrons. The summed E-state index contributed by atoms with van der Waals surface area (Å²) in [6, 6.07) is 8.42. The summed E-state index contributed by atoms with van der Waals surface area (Å²) in [5.74, 6) is -1.23. The number of aliphatic carboxylic acids is 1. The Balaban J connectivity index is 2.12. The van der Waals surface area contributed by atoms with Gasteiger partial charge < -0.3 is 14.9 Å².